The third-order valence-corrected chi connectivity index (χ3v) is 6.26. The third-order valence-electron chi connectivity index (χ3n) is 6.26. The monoisotopic (exact) mass is 602 g/mol. The number of phenolic OH excluding ortho intramolecular Hbond substituents is 4. The lowest BCUT2D eigenvalue weighted by Gasteiger charge is -2.28. The second-order valence-corrected chi connectivity index (χ2v) is 9.10. The van der Waals surface area contributed by atoms with E-state index in [-0.39, 0.29) is 16.9 Å². The zero-order chi connectivity index (χ0) is 31.3. The number of ether oxygens (including phenoxy) is 4. The molecule has 3 heterocycles. The van der Waals surface area contributed by atoms with E-state index in [4.69, 9.17) is 23.4 Å². The predicted octanol–water partition coefficient (Wildman–Crippen LogP) is 3.60. The molecule has 5 rings (SSSR count). The summed E-state index contributed by atoms with van der Waals surface area (Å²) in [6.45, 7) is 0.433. The summed E-state index contributed by atoms with van der Waals surface area (Å²) in [6.07, 6.45) is -3.80. The van der Waals surface area contributed by atoms with Gasteiger partial charge in [0.25, 0.3) is 6.29 Å². The van der Waals surface area contributed by atoms with Gasteiger partial charge in [0, 0.05) is 17.7 Å². The van der Waals surface area contributed by atoms with Crippen molar-refractivity contribution in [3.05, 3.63) is 86.6 Å². The van der Waals surface area contributed by atoms with Gasteiger partial charge in [-0.15, -0.1) is 0 Å². The van der Waals surface area contributed by atoms with Crippen LogP contribution in [0.1, 0.15) is 6.92 Å². The molecule has 2 aliphatic rings. The van der Waals surface area contributed by atoms with E-state index in [2.05, 4.69) is 0 Å². The predicted molar refractivity (Wildman–Crippen MR) is 140 cm³/mol. The van der Waals surface area contributed by atoms with Gasteiger partial charge in [0.05, 0.1) is 0 Å². The van der Waals surface area contributed by atoms with Crippen LogP contribution in [0, 0.1) is 0 Å². The van der Waals surface area contributed by atoms with Gasteiger partial charge < -0.3 is 74.4 Å². The van der Waals surface area contributed by atoms with Crippen LogP contribution >= 0.6 is 0 Å². The van der Waals surface area contributed by atoms with Gasteiger partial charge in [0.1, 0.15) is 34.8 Å². The molecule has 3 aromatic rings. The Morgan fingerprint density at radius 2 is 1.42 bits per heavy atom. The molecule has 0 saturated heterocycles. The highest BCUT2D eigenvalue weighted by Crippen LogP contribution is 2.40. The third kappa shape index (κ3) is 4.91. The first-order chi connectivity index (χ1) is 20.3. The molecule has 2 aromatic carbocycles. The lowest BCUT2D eigenvalue weighted by atomic mass is 10.1. The van der Waals surface area contributed by atoms with Crippen molar-refractivity contribution in [1.29, 1.82) is 0 Å². The van der Waals surface area contributed by atoms with E-state index in [1.807, 2.05) is 0 Å². The summed E-state index contributed by atoms with van der Waals surface area (Å²) in [5.74, 6) is -10.4. The molecular weight excluding hydrogens is 580 g/mol. The van der Waals surface area contributed by atoms with Gasteiger partial charge in [0.15, 0.2) is 28.8 Å². The molecule has 0 saturated carbocycles. The molecule has 10 N–H and O–H groups in total. The average Bonchev–Trinajstić information content (AvgIpc) is 2.96. The maximum Gasteiger partial charge on any atom is 0.303 e. The number of hydrogen-bond acceptors (Lipinski definition) is 16. The standard InChI is InChI=1S/C27H22O16/c1-8-17(32)20(35)22(37)26(40-8)39-7-15-18(33)21(36)23(38)27(42-15)43-25-19(34)16-13(31)5-10(28)6-14(16)41-24(25)9-2-3-11(29)12(30)4-9/h2-6,26-33,35-38H,7H2,1H3. The van der Waals surface area contributed by atoms with Crippen LogP contribution in [0.4, 0.5) is 0 Å². The minimum atomic E-state index is -2.09. The van der Waals surface area contributed by atoms with Gasteiger partial charge in [-0.2, -0.15) is 0 Å². The van der Waals surface area contributed by atoms with Crippen LogP contribution in [-0.4, -0.2) is 70.3 Å². The summed E-state index contributed by atoms with van der Waals surface area (Å²) in [4.78, 5) is 13.5. The largest absolute Gasteiger partial charge is 0.508 e. The summed E-state index contributed by atoms with van der Waals surface area (Å²) in [5, 5.41) is 100. The van der Waals surface area contributed by atoms with E-state index in [9.17, 15) is 55.9 Å². The Bertz CT molecular complexity index is 1840. The Balaban J connectivity index is 1.53. The van der Waals surface area contributed by atoms with Gasteiger partial charge >= 0.3 is 6.29 Å². The molecule has 0 amide bonds. The summed E-state index contributed by atoms with van der Waals surface area (Å²) in [7, 11) is 0. The summed E-state index contributed by atoms with van der Waals surface area (Å²) in [6, 6.07) is 5.11. The molecule has 0 spiro atoms. The zero-order valence-corrected chi connectivity index (χ0v) is 21.7. The Hall–Kier alpha value is -6.03. The summed E-state index contributed by atoms with van der Waals surface area (Å²) >= 11 is 0. The Kier molecular flexibility index (Phi) is 6.91. The van der Waals surface area contributed by atoms with Crippen molar-refractivity contribution < 1.29 is 74.4 Å². The molecular formula is C27H22O16. The number of allylic oxidation sites excluding steroid dienone is 1. The number of rotatable bonds is 6. The highest BCUT2D eigenvalue weighted by atomic mass is 16.7. The molecule has 2 unspecified atom stereocenters. The van der Waals surface area contributed by atoms with E-state index in [0.29, 0.717) is 0 Å². The van der Waals surface area contributed by atoms with Crippen molar-refractivity contribution in [2.24, 2.45) is 0 Å². The van der Waals surface area contributed by atoms with Crippen molar-refractivity contribution in [2.75, 3.05) is 6.61 Å². The number of hydrogen-bond donors (Lipinski definition) is 10. The van der Waals surface area contributed by atoms with Crippen molar-refractivity contribution >= 4 is 11.0 Å². The van der Waals surface area contributed by atoms with Gasteiger partial charge in [-0.3, -0.25) is 4.79 Å². The summed E-state index contributed by atoms with van der Waals surface area (Å²) < 4.78 is 27.1. The van der Waals surface area contributed by atoms with Gasteiger partial charge in [-0.1, -0.05) is 0 Å². The van der Waals surface area contributed by atoms with Crippen LogP contribution in [0.5, 0.6) is 28.7 Å². The van der Waals surface area contributed by atoms with Crippen molar-refractivity contribution in [1.82, 2.24) is 0 Å². The Labute approximate surface area is 238 Å². The average molecular weight is 602 g/mol. The number of phenols is 4. The Morgan fingerprint density at radius 3 is 2.12 bits per heavy atom. The maximum atomic E-state index is 13.5. The molecule has 0 bridgehead atoms. The Morgan fingerprint density at radius 1 is 0.744 bits per heavy atom. The van der Waals surface area contributed by atoms with E-state index in [1.165, 1.54) is 13.0 Å². The molecule has 1 aromatic heterocycles. The number of fused-ring (bicyclic) bond motifs is 1. The fourth-order valence-electron chi connectivity index (χ4n) is 4.06. The second-order valence-electron chi connectivity index (χ2n) is 9.10. The van der Waals surface area contributed by atoms with Crippen LogP contribution in [0.2, 0.25) is 0 Å². The molecule has 0 radical (unpaired) electrons. The van der Waals surface area contributed by atoms with Gasteiger partial charge in [-0.25, -0.2) is 0 Å². The highest BCUT2D eigenvalue weighted by Gasteiger charge is 2.37. The molecule has 226 valence electrons. The van der Waals surface area contributed by atoms with Crippen molar-refractivity contribution in [3.63, 3.8) is 0 Å². The maximum absolute atomic E-state index is 13.5. The van der Waals surface area contributed by atoms with E-state index >= 15 is 0 Å². The van der Waals surface area contributed by atoms with Crippen LogP contribution in [0.3, 0.4) is 0 Å². The van der Waals surface area contributed by atoms with E-state index < -0.39 is 105 Å². The van der Waals surface area contributed by atoms with Gasteiger partial charge in [0.2, 0.25) is 40.0 Å². The topological polar surface area (TPSA) is 269 Å². The molecule has 2 atom stereocenters. The number of aliphatic hydroxyl groups is 6. The van der Waals surface area contributed by atoms with Crippen LogP contribution < -0.4 is 10.2 Å². The van der Waals surface area contributed by atoms with Crippen LogP contribution in [-0.2, 0) is 14.2 Å². The SMILES string of the molecule is CC1=C(O)C(O)=C(O)C(OCC2=C(O)C(O)=C(O)C(Oc3c(-c4ccc(O)c(O)c4)oc4cc(O)cc(O)c4c3=O)O2)O1. The second kappa shape index (κ2) is 10.4. The smallest absolute Gasteiger partial charge is 0.303 e. The van der Waals surface area contributed by atoms with Crippen molar-refractivity contribution in [2.45, 2.75) is 19.5 Å². The quantitative estimate of drug-likeness (QED) is 0.180. The van der Waals surface area contributed by atoms with E-state index in [0.717, 1.165) is 24.3 Å². The van der Waals surface area contributed by atoms with Gasteiger partial charge in [-0.05, 0) is 25.1 Å². The number of aliphatic hydroxyl groups excluding tert-OH is 6. The summed E-state index contributed by atoms with van der Waals surface area (Å²) in [5.41, 5.74) is -1.46. The molecule has 0 fully saturated rings. The lowest BCUT2D eigenvalue weighted by molar-refractivity contribution is -0.135. The number of benzene rings is 2. The first-order valence-corrected chi connectivity index (χ1v) is 12.0. The van der Waals surface area contributed by atoms with E-state index in [1.54, 1.807) is 0 Å². The fraction of sp³-hybridized carbons (Fsp3) is 0.148. The van der Waals surface area contributed by atoms with Crippen LogP contribution in [0.25, 0.3) is 22.3 Å². The molecule has 0 aliphatic carbocycles. The normalized spacial score (nSPS) is 19.1. The fourth-order valence-corrected chi connectivity index (χ4v) is 4.06. The minimum Gasteiger partial charge on any atom is -0.508 e. The lowest BCUT2D eigenvalue weighted by Crippen LogP contribution is -2.33. The van der Waals surface area contributed by atoms with Crippen molar-refractivity contribution in [3.8, 4) is 40.1 Å². The first kappa shape index (κ1) is 28.5. The molecule has 43 heavy (non-hydrogen) atoms. The number of aromatic hydroxyl groups is 4. The molecule has 2 aliphatic heterocycles. The first-order valence-electron chi connectivity index (χ1n) is 12.0. The molecule has 16 heteroatoms. The molecule has 16 nitrogen and oxygen atoms in total. The highest BCUT2D eigenvalue weighted by molar-refractivity contribution is 5.88. The minimum absolute atomic E-state index is 0.0687. The zero-order valence-electron chi connectivity index (χ0n) is 21.7. The van der Waals surface area contributed by atoms with Crippen LogP contribution in [0.15, 0.2) is 85.6 Å².